The largest absolute Gasteiger partial charge is 0.491 e. The zero-order valence-electron chi connectivity index (χ0n) is 18.3. The van der Waals surface area contributed by atoms with E-state index in [0.29, 0.717) is 23.1 Å². The number of hydrogen-bond donors (Lipinski definition) is 1. The van der Waals surface area contributed by atoms with Gasteiger partial charge in [-0.1, -0.05) is 0 Å². The van der Waals surface area contributed by atoms with Gasteiger partial charge in [-0.25, -0.2) is 19.9 Å². The molecule has 1 N–H and O–H groups in total. The molecule has 32 heavy (non-hydrogen) atoms. The van der Waals surface area contributed by atoms with Crippen LogP contribution in [0.5, 0.6) is 5.75 Å². The van der Waals surface area contributed by atoms with E-state index in [1.807, 2.05) is 18.9 Å². The second kappa shape index (κ2) is 9.78. The molecule has 1 aliphatic rings. The zero-order valence-corrected chi connectivity index (χ0v) is 18.3. The standard InChI is InChI=1S/C23H26N6O3/c1-15-25-12-16(13-26-15)10-17(31)14-29(2)23-19-4-3-5-20(19)27-22(28-23)21-11-18(6-7-24-21)32-9-8-30/h6-7,11-13,30H,3-5,8-10,14H2,1-2H3. The Bertz CT molecular complexity index is 1100. The molecule has 166 valence electrons. The number of ketones is 1. The van der Waals surface area contributed by atoms with Gasteiger partial charge in [0.2, 0.25) is 0 Å². The number of aromatic nitrogens is 5. The van der Waals surface area contributed by atoms with Crippen molar-refractivity contribution in [2.45, 2.75) is 32.6 Å². The van der Waals surface area contributed by atoms with Crippen LogP contribution >= 0.6 is 0 Å². The molecule has 0 amide bonds. The summed E-state index contributed by atoms with van der Waals surface area (Å²) in [7, 11) is 1.88. The third-order valence-corrected chi connectivity index (χ3v) is 5.24. The number of pyridine rings is 1. The lowest BCUT2D eigenvalue weighted by molar-refractivity contribution is -0.117. The van der Waals surface area contributed by atoms with E-state index in [9.17, 15) is 4.79 Å². The summed E-state index contributed by atoms with van der Waals surface area (Å²) in [6.45, 7) is 2.18. The van der Waals surface area contributed by atoms with Gasteiger partial charge >= 0.3 is 0 Å². The summed E-state index contributed by atoms with van der Waals surface area (Å²) in [5.41, 5.74) is 3.48. The number of carbonyl (C=O) groups is 1. The Labute approximate surface area is 186 Å². The maximum absolute atomic E-state index is 12.7. The highest BCUT2D eigenvalue weighted by molar-refractivity contribution is 5.85. The van der Waals surface area contributed by atoms with Crippen LogP contribution in [0.15, 0.2) is 30.7 Å². The molecule has 9 nitrogen and oxygen atoms in total. The molecule has 0 saturated carbocycles. The summed E-state index contributed by atoms with van der Waals surface area (Å²) < 4.78 is 5.49. The summed E-state index contributed by atoms with van der Waals surface area (Å²) >= 11 is 0. The van der Waals surface area contributed by atoms with Crippen molar-refractivity contribution < 1.29 is 14.6 Å². The van der Waals surface area contributed by atoms with E-state index in [4.69, 9.17) is 19.8 Å². The van der Waals surface area contributed by atoms with E-state index < -0.39 is 0 Å². The lowest BCUT2D eigenvalue weighted by Gasteiger charge is -2.21. The van der Waals surface area contributed by atoms with E-state index in [1.54, 1.807) is 30.7 Å². The van der Waals surface area contributed by atoms with Crippen LogP contribution in [0.2, 0.25) is 0 Å². The van der Waals surface area contributed by atoms with Crippen molar-refractivity contribution in [1.82, 2.24) is 24.9 Å². The Morgan fingerprint density at radius 3 is 2.78 bits per heavy atom. The lowest BCUT2D eigenvalue weighted by atomic mass is 10.1. The van der Waals surface area contributed by atoms with Gasteiger partial charge in [0, 0.05) is 49.4 Å². The number of nitrogens with zero attached hydrogens (tertiary/aromatic N) is 6. The first-order chi connectivity index (χ1) is 15.5. The molecule has 0 unspecified atom stereocenters. The van der Waals surface area contributed by atoms with Gasteiger partial charge in [-0.15, -0.1) is 0 Å². The van der Waals surface area contributed by atoms with E-state index >= 15 is 0 Å². The van der Waals surface area contributed by atoms with E-state index in [-0.39, 0.29) is 32.0 Å². The number of anilines is 1. The number of fused-ring (bicyclic) bond motifs is 1. The summed E-state index contributed by atoms with van der Waals surface area (Å²) in [6, 6.07) is 3.49. The van der Waals surface area contributed by atoms with Crippen LogP contribution in [0.1, 0.15) is 29.1 Å². The first kappa shape index (κ1) is 21.8. The van der Waals surface area contributed by atoms with E-state index in [0.717, 1.165) is 41.9 Å². The lowest BCUT2D eigenvalue weighted by Crippen LogP contribution is -2.29. The second-order valence-corrected chi connectivity index (χ2v) is 7.81. The first-order valence-corrected chi connectivity index (χ1v) is 10.6. The third kappa shape index (κ3) is 5.05. The molecule has 4 rings (SSSR count). The number of hydrogen-bond acceptors (Lipinski definition) is 9. The van der Waals surface area contributed by atoms with Crippen LogP contribution in [-0.4, -0.2) is 62.6 Å². The molecule has 0 saturated heterocycles. The van der Waals surface area contributed by atoms with Crippen molar-refractivity contribution in [3.8, 4) is 17.3 Å². The van der Waals surface area contributed by atoms with Gasteiger partial charge in [0.25, 0.3) is 0 Å². The molecular formula is C23H26N6O3. The normalized spacial score (nSPS) is 12.5. The SMILES string of the molecule is Cc1ncc(CC(=O)CN(C)c2nc(-c3cc(OCCO)ccn3)nc3c2CCC3)cn1. The second-order valence-electron chi connectivity index (χ2n) is 7.81. The fourth-order valence-electron chi connectivity index (χ4n) is 3.76. The maximum atomic E-state index is 12.7. The number of likely N-dealkylation sites (N-methyl/N-ethyl adjacent to an activating group) is 1. The molecule has 3 heterocycles. The zero-order chi connectivity index (χ0) is 22.5. The van der Waals surface area contributed by atoms with Gasteiger partial charge in [-0.2, -0.15) is 0 Å². The Morgan fingerprint density at radius 2 is 2.00 bits per heavy atom. The van der Waals surface area contributed by atoms with Gasteiger partial charge in [-0.05, 0) is 37.8 Å². The topological polar surface area (TPSA) is 114 Å². The Kier molecular flexibility index (Phi) is 6.65. The Hall–Kier alpha value is -3.46. The molecule has 1 aliphatic carbocycles. The highest BCUT2D eigenvalue weighted by Crippen LogP contribution is 2.31. The van der Waals surface area contributed by atoms with Crippen molar-refractivity contribution in [2.75, 3.05) is 31.7 Å². The van der Waals surface area contributed by atoms with Crippen molar-refractivity contribution in [2.24, 2.45) is 0 Å². The molecule has 0 radical (unpaired) electrons. The first-order valence-electron chi connectivity index (χ1n) is 10.6. The van der Waals surface area contributed by atoms with Gasteiger partial charge in [-0.3, -0.25) is 9.78 Å². The molecular weight excluding hydrogens is 408 g/mol. The van der Waals surface area contributed by atoms with Gasteiger partial charge in [0.1, 0.15) is 29.7 Å². The molecule has 0 atom stereocenters. The number of aryl methyl sites for hydroxylation is 2. The predicted octanol–water partition coefficient (Wildman–Crippen LogP) is 1.74. The fourth-order valence-corrected chi connectivity index (χ4v) is 3.76. The quantitative estimate of drug-likeness (QED) is 0.538. The average Bonchev–Trinajstić information content (AvgIpc) is 3.27. The minimum atomic E-state index is -0.0648. The molecule has 9 heteroatoms. The van der Waals surface area contributed by atoms with Crippen molar-refractivity contribution in [3.63, 3.8) is 0 Å². The average molecular weight is 435 g/mol. The van der Waals surface area contributed by atoms with Gasteiger partial charge in [0.15, 0.2) is 11.6 Å². The predicted molar refractivity (Wildman–Crippen MR) is 119 cm³/mol. The van der Waals surface area contributed by atoms with Crippen LogP contribution in [-0.2, 0) is 24.1 Å². The summed E-state index contributed by atoms with van der Waals surface area (Å²) in [5, 5.41) is 8.99. The molecule has 3 aromatic heterocycles. The number of rotatable bonds is 9. The molecule has 0 aliphatic heterocycles. The van der Waals surface area contributed by atoms with Crippen molar-refractivity contribution in [1.29, 1.82) is 0 Å². The monoisotopic (exact) mass is 434 g/mol. The van der Waals surface area contributed by atoms with Gasteiger partial charge < -0.3 is 14.7 Å². The maximum Gasteiger partial charge on any atom is 0.180 e. The smallest absolute Gasteiger partial charge is 0.180 e. The summed E-state index contributed by atoms with van der Waals surface area (Å²) in [6.07, 6.45) is 8.07. The van der Waals surface area contributed by atoms with Crippen LogP contribution in [0.4, 0.5) is 5.82 Å². The van der Waals surface area contributed by atoms with E-state index in [2.05, 4.69) is 15.0 Å². The number of Topliss-reactive ketones (excluding diaryl/α,β-unsaturated/α-hetero) is 1. The van der Waals surface area contributed by atoms with Crippen LogP contribution in [0.3, 0.4) is 0 Å². The highest BCUT2D eigenvalue weighted by atomic mass is 16.5. The number of ether oxygens (including phenoxy) is 1. The molecule has 0 bridgehead atoms. The van der Waals surface area contributed by atoms with Crippen LogP contribution < -0.4 is 9.64 Å². The van der Waals surface area contributed by atoms with Crippen molar-refractivity contribution in [3.05, 3.63) is 53.4 Å². The number of carbonyl (C=O) groups excluding carboxylic acids is 1. The molecule has 0 aromatic carbocycles. The minimum Gasteiger partial charge on any atom is -0.491 e. The van der Waals surface area contributed by atoms with Crippen LogP contribution in [0.25, 0.3) is 11.5 Å². The number of aliphatic hydroxyl groups excluding tert-OH is 1. The molecule has 0 spiro atoms. The summed E-state index contributed by atoms with van der Waals surface area (Å²) in [4.78, 5) is 36.8. The highest BCUT2D eigenvalue weighted by Gasteiger charge is 2.23. The Morgan fingerprint density at radius 1 is 1.19 bits per heavy atom. The molecule has 0 fully saturated rings. The molecule has 3 aromatic rings. The van der Waals surface area contributed by atoms with Gasteiger partial charge in [0.05, 0.1) is 13.2 Å². The van der Waals surface area contributed by atoms with Crippen molar-refractivity contribution >= 4 is 11.6 Å². The van der Waals surface area contributed by atoms with Crippen LogP contribution in [0, 0.1) is 6.92 Å². The third-order valence-electron chi connectivity index (χ3n) is 5.24. The van der Waals surface area contributed by atoms with E-state index in [1.165, 1.54) is 0 Å². The summed E-state index contributed by atoms with van der Waals surface area (Å²) in [5.74, 6) is 2.60. The fraction of sp³-hybridized carbons (Fsp3) is 0.391. The minimum absolute atomic E-state index is 0.0596. The Balaban J connectivity index is 1.56. The number of aliphatic hydroxyl groups is 1.